The summed E-state index contributed by atoms with van der Waals surface area (Å²) in [5.41, 5.74) is 1.22. The number of benzene rings is 1. The van der Waals surface area contributed by atoms with Crippen LogP contribution in [0.25, 0.3) is 0 Å². The van der Waals surface area contributed by atoms with Gasteiger partial charge in [-0.1, -0.05) is 23.7 Å². The van der Waals surface area contributed by atoms with Crippen LogP contribution in [-0.2, 0) is 4.74 Å². The Morgan fingerprint density at radius 2 is 2.19 bits per heavy atom. The summed E-state index contributed by atoms with van der Waals surface area (Å²) >= 11 is 11.9. The average molecular weight is 261 g/mol. The van der Waals surface area contributed by atoms with Crippen LogP contribution < -0.4 is 0 Å². The maximum absolute atomic E-state index is 5.98. The van der Waals surface area contributed by atoms with Gasteiger partial charge in [-0.15, -0.1) is 11.6 Å². The quantitative estimate of drug-likeness (QED) is 0.519. The highest BCUT2D eigenvalue weighted by Gasteiger charge is 2.10. The molecule has 1 atom stereocenters. The molecule has 0 bridgehead atoms. The van der Waals surface area contributed by atoms with Gasteiger partial charge in [0.2, 0.25) is 0 Å². The maximum Gasteiger partial charge on any atom is 0.0466 e. The Morgan fingerprint density at radius 1 is 1.38 bits per heavy atom. The number of halogens is 2. The van der Waals surface area contributed by atoms with Crippen molar-refractivity contribution in [3.05, 3.63) is 34.9 Å². The molecule has 0 aliphatic rings. The fourth-order valence-electron chi connectivity index (χ4n) is 1.67. The average Bonchev–Trinajstić information content (AvgIpc) is 2.29. The van der Waals surface area contributed by atoms with Crippen LogP contribution in [0.1, 0.15) is 31.2 Å². The zero-order valence-corrected chi connectivity index (χ0v) is 11.1. The maximum atomic E-state index is 5.98. The third kappa shape index (κ3) is 4.73. The van der Waals surface area contributed by atoms with E-state index in [4.69, 9.17) is 27.9 Å². The largest absolute Gasteiger partial charge is 0.382 e. The molecule has 1 unspecified atom stereocenters. The number of rotatable bonds is 7. The molecule has 0 aliphatic heterocycles. The van der Waals surface area contributed by atoms with Gasteiger partial charge in [0.1, 0.15) is 0 Å². The Morgan fingerprint density at radius 3 is 2.81 bits per heavy atom. The van der Waals surface area contributed by atoms with Crippen molar-refractivity contribution in [1.82, 2.24) is 0 Å². The molecular formula is C13H18Cl2O. The van der Waals surface area contributed by atoms with Gasteiger partial charge in [-0.05, 0) is 43.4 Å². The van der Waals surface area contributed by atoms with Crippen molar-refractivity contribution in [1.29, 1.82) is 0 Å². The zero-order valence-electron chi connectivity index (χ0n) is 9.59. The van der Waals surface area contributed by atoms with Crippen molar-refractivity contribution in [3.8, 4) is 0 Å². The Labute approximate surface area is 108 Å². The number of hydrogen-bond donors (Lipinski definition) is 0. The van der Waals surface area contributed by atoms with Crippen molar-refractivity contribution >= 4 is 23.2 Å². The molecule has 90 valence electrons. The van der Waals surface area contributed by atoms with E-state index in [9.17, 15) is 0 Å². The molecule has 1 aromatic rings. The summed E-state index contributed by atoms with van der Waals surface area (Å²) in [7, 11) is 0. The summed E-state index contributed by atoms with van der Waals surface area (Å²) in [6, 6.07) is 7.94. The molecule has 0 amide bonds. The first-order chi connectivity index (χ1) is 7.77. The Bertz CT molecular complexity index is 302. The van der Waals surface area contributed by atoms with Gasteiger partial charge in [0.15, 0.2) is 0 Å². The van der Waals surface area contributed by atoms with Gasteiger partial charge in [-0.25, -0.2) is 0 Å². The van der Waals surface area contributed by atoms with Gasteiger partial charge in [-0.3, -0.25) is 0 Å². The van der Waals surface area contributed by atoms with Crippen molar-refractivity contribution < 1.29 is 4.74 Å². The SMILES string of the molecule is CCOCCCC(CCl)c1cccc(Cl)c1. The molecule has 3 heteroatoms. The van der Waals surface area contributed by atoms with E-state index in [2.05, 4.69) is 6.07 Å². The molecule has 0 aromatic heterocycles. The first kappa shape index (κ1) is 13.8. The van der Waals surface area contributed by atoms with Gasteiger partial charge < -0.3 is 4.74 Å². The van der Waals surface area contributed by atoms with Crippen LogP contribution in [0.15, 0.2) is 24.3 Å². The third-order valence-corrected chi connectivity index (χ3v) is 3.16. The van der Waals surface area contributed by atoms with E-state index >= 15 is 0 Å². The minimum Gasteiger partial charge on any atom is -0.382 e. The summed E-state index contributed by atoms with van der Waals surface area (Å²) < 4.78 is 5.32. The van der Waals surface area contributed by atoms with E-state index in [0.29, 0.717) is 11.8 Å². The lowest BCUT2D eigenvalue weighted by molar-refractivity contribution is 0.142. The number of hydrogen-bond acceptors (Lipinski definition) is 1. The van der Waals surface area contributed by atoms with Crippen molar-refractivity contribution in [2.75, 3.05) is 19.1 Å². The smallest absolute Gasteiger partial charge is 0.0466 e. The summed E-state index contributed by atoms with van der Waals surface area (Å²) in [4.78, 5) is 0. The van der Waals surface area contributed by atoms with E-state index in [1.165, 1.54) is 5.56 Å². The summed E-state index contributed by atoms with van der Waals surface area (Å²) in [5, 5.41) is 0.775. The molecule has 0 saturated carbocycles. The number of ether oxygens (including phenoxy) is 1. The lowest BCUT2D eigenvalue weighted by Gasteiger charge is -2.14. The molecule has 0 saturated heterocycles. The normalized spacial score (nSPS) is 12.7. The second-order valence-electron chi connectivity index (χ2n) is 3.75. The second kappa shape index (κ2) is 7.94. The molecule has 0 radical (unpaired) electrons. The predicted molar refractivity (Wildman–Crippen MR) is 70.6 cm³/mol. The molecule has 16 heavy (non-hydrogen) atoms. The van der Waals surface area contributed by atoms with E-state index in [1.807, 2.05) is 25.1 Å². The Balaban J connectivity index is 2.47. The fraction of sp³-hybridized carbons (Fsp3) is 0.538. The van der Waals surface area contributed by atoms with Crippen LogP contribution in [-0.4, -0.2) is 19.1 Å². The number of alkyl halides is 1. The lowest BCUT2D eigenvalue weighted by atomic mass is 9.96. The van der Waals surface area contributed by atoms with Crippen LogP contribution in [0.2, 0.25) is 5.02 Å². The Hall–Kier alpha value is -0.240. The standard InChI is InChI=1S/C13H18Cl2O/c1-2-16-8-4-6-12(10-14)11-5-3-7-13(15)9-11/h3,5,7,9,12H,2,4,6,8,10H2,1H3. The van der Waals surface area contributed by atoms with Crippen molar-refractivity contribution in [2.24, 2.45) is 0 Å². The highest BCUT2D eigenvalue weighted by molar-refractivity contribution is 6.30. The van der Waals surface area contributed by atoms with Crippen LogP contribution in [0, 0.1) is 0 Å². The molecule has 0 aliphatic carbocycles. The van der Waals surface area contributed by atoms with E-state index < -0.39 is 0 Å². The molecule has 1 rings (SSSR count). The van der Waals surface area contributed by atoms with Crippen LogP contribution in [0.5, 0.6) is 0 Å². The monoisotopic (exact) mass is 260 g/mol. The lowest BCUT2D eigenvalue weighted by Crippen LogP contribution is -2.03. The van der Waals surface area contributed by atoms with E-state index in [-0.39, 0.29) is 0 Å². The summed E-state index contributed by atoms with van der Waals surface area (Å²) in [6.07, 6.45) is 2.08. The molecule has 0 heterocycles. The Kier molecular flexibility index (Phi) is 6.86. The molecule has 0 N–H and O–H groups in total. The van der Waals surface area contributed by atoms with Crippen LogP contribution in [0.4, 0.5) is 0 Å². The third-order valence-electron chi connectivity index (χ3n) is 2.55. The second-order valence-corrected chi connectivity index (χ2v) is 4.49. The molecule has 0 fully saturated rings. The van der Waals surface area contributed by atoms with Crippen molar-refractivity contribution in [3.63, 3.8) is 0 Å². The minimum absolute atomic E-state index is 0.376. The summed E-state index contributed by atoms with van der Waals surface area (Å²) in [5.74, 6) is 1.01. The first-order valence-corrected chi connectivity index (χ1v) is 6.58. The van der Waals surface area contributed by atoms with Gasteiger partial charge in [0.25, 0.3) is 0 Å². The van der Waals surface area contributed by atoms with Gasteiger partial charge in [-0.2, -0.15) is 0 Å². The topological polar surface area (TPSA) is 9.23 Å². The molecule has 1 aromatic carbocycles. The van der Waals surface area contributed by atoms with Gasteiger partial charge >= 0.3 is 0 Å². The predicted octanol–water partition coefficient (Wildman–Crippen LogP) is 4.48. The van der Waals surface area contributed by atoms with Crippen LogP contribution in [0.3, 0.4) is 0 Å². The van der Waals surface area contributed by atoms with E-state index in [1.54, 1.807) is 0 Å². The molecule has 1 nitrogen and oxygen atoms in total. The van der Waals surface area contributed by atoms with E-state index in [0.717, 1.165) is 31.1 Å². The highest BCUT2D eigenvalue weighted by atomic mass is 35.5. The fourth-order valence-corrected chi connectivity index (χ4v) is 2.20. The highest BCUT2D eigenvalue weighted by Crippen LogP contribution is 2.25. The summed E-state index contributed by atoms with van der Waals surface area (Å²) in [6.45, 7) is 3.60. The molecular weight excluding hydrogens is 243 g/mol. The minimum atomic E-state index is 0.376. The zero-order chi connectivity index (χ0) is 11.8. The van der Waals surface area contributed by atoms with Crippen molar-refractivity contribution in [2.45, 2.75) is 25.7 Å². The van der Waals surface area contributed by atoms with Gasteiger partial charge in [0.05, 0.1) is 0 Å². The van der Waals surface area contributed by atoms with Gasteiger partial charge in [0, 0.05) is 24.1 Å². The first-order valence-electron chi connectivity index (χ1n) is 5.67. The molecule has 0 spiro atoms. The van der Waals surface area contributed by atoms with Crippen LogP contribution >= 0.6 is 23.2 Å².